The maximum Gasteiger partial charge on any atom is 0.251 e. The summed E-state index contributed by atoms with van der Waals surface area (Å²) in [7, 11) is 0. The maximum atomic E-state index is 12.3. The van der Waals surface area contributed by atoms with Gasteiger partial charge in [0.1, 0.15) is 0 Å². The molecule has 0 fully saturated rings. The Morgan fingerprint density at radius 1 is 1.10 bits per heavy atom. The Balaban J connectivity index is 1.79. The predicted octanol–water partition coefficient (Wildman–Crippen LogP) is 4.41. The summed E-state index contributed by atoms with van der Waals surface area (Å²) in [6, 6.07) is 13.2. The van der Waals surface area contributed by atoms with E-state index in [1.807, 2.05) is 12.1 Å². The van der Waals surface area contributed by atoms with Crippen LogP contribution < -0.4 is 5.32 Å². The van der Waals surface area contributed by atoms with E-state index in [4.69, 9.17) is 23.2 Å². The Kier molecular flexibility index (Phi) is 3.68. The van der Waals surface area contributed by atoms with Crippen molar-refractivity contribution in [3.63, 3.8) is 0 Å². The molecule has 1 aliphatic carbocycles. The number of halogens is 2. The van der Waals surface area contributed by atoms with E-state index >= 15 is 0 Å². The van der Waals surface area contributed by atoms with E-state index in [2.05, 4.69) is 17.4 Å². The molecule has 2 aromatic carbocycles. The molecule has 2 nitrogen and oxygen atoms in total. The van der Waals surface area contributed by atoms with Crippen LogP contribution in [0, 0.1) is 0 Å². The zero-order chi connectivity index (χ0) is 14.1. The lowest BCUT2D eigenvalue weighted by Gasteiger charge is -2.14. The molecule has 0 radical (unpaired) electrons. The highest BCUT2D eigenvalue weighted by Gasteiger charge is 2.23. The van der Waals surface area contributed by atoms with Crippen molar-refractivity contribution >= 4 is 29.1 Å². The minimum absolute atomic E-state index is 0.0770. The van der Waals surface area contributed by atoms with Gasteiger partial charge in [-0.05, 0) is 42.2 Å². The minimum atomic E-state index is -0.120. The highest BCUT2D eigenvalue weighted by molar-refractivity contribution is 6.42. The van der Waals surface area contributed by atoms with E-state index in [1.165, 1.54) is 11.1 Å². The molecular formula is C16H13Cl2NO. The molecule has 102 valence electrons. The Morgan fingerprint density at radius 2 is 1.90 bits per heavy atom. The van der Waals surface area contributed by atoms with Gasteiger partial charge in [-0.25, -0.2) is 0 Å². The van der Waals surface area contributed by atoms with Crippen molar-refractivity contribution in [2.24, 2.45) is 0 Å². The number of rotatable bonds is 2. The van der Waals surface area contributed by atoms with E-state index in [0.29, 0.717) is 15.6 Å². The molecule has 1 atom stereocenters. The van der Waals surface area contributed by atoms with E-state index in [1.54, 1.807) is 18.2 Å². The molecule has 0 heterocycles. The molecule has 0 saturated carbocycles. The standard InChI is InChI=1S/C16H13Cl2NO/c17-13-7-5-11(9-14(13)18)16(20)19-15-8-6-10-3-1-2-4-12(10)15/h1-5,7,9,15H,6,8H2,(H,19,20)/t15-/m0/s1. The van der Waals surface area contributed by atoms with Gasteiger partial charge in [0.25, 0.3) is 5.91 Å². The molecule has 0 aliphatic heterocycles. The molecule has 4 heteroatoms. The van der Waals surface area contributed by atoms with Crippen molar-refractivity contribution in [3.8, 4) is 0 Å². The topological polar surface area (TPSA) is 29.1 Å². The molecule has 0 bridgehead atoms. The number of carbonyl (C=O) groups excluding carboxylic acids is 1. The lowest BCUT2D eigenvalue weighted by atomic mass is 10.1. The van der Waals surface area contributed by atoms with Crippen molar-refractivity contribution in [1.29, 1.82) is 0 Å². The highest BCUT2D eigenvalue weighted by Crippen LogP contribution is 2.31. The van der Waals surface area contributed by atoms with E-state index in [9.17, 15) is 4.79 Å². The van der Waals surface area contributed by atoms with Crippen molar-refractivity contribution in [1.82, 2.24) is 5.32 Å². The summed E-state index contributed by atoms with van der Waals surface area (Å²) in [5.41, 5.74) is 3.05. The summed E-state index contributed by atoms with van der Waals surface area (Å²) in [6.45, 7) is 0. The number of hydrogen-bond acceptors (Lipinski definition) is 1. The third kappa shape index (κ3) is 2.54. The van der Waals surface area contributed by atoms with Crippen LogP contribution in [0.2, 0.25) is 10.0 Å². The van der Waals surface area contributed by atoms with Crippen molar-refractivity contribution in [2.75, 3.05) is 0 Å². The van der Waals surface area contributed by atoms with Gasteiger partial charge in [-0.1, -0.05) is 47.5 Å². The van der Waals surface area contributed by atoms with Gasteiger partial charge in [-0.3, -0.25) is 4.79 Å². The smallest absolute Gasteiger partial charge is 0.251 e. The largest absolute Gasteiger partial charge is 0.345 e. The lowest BCUT2D eigenvalue weighted by molar-refractivity contribution is 0.0936. The SMILES string of the molecule is O=C(N[C@H]1CCc2ccccc21)c1ccc(Cl)c(Cl)c1. The van der Waals surface area contributed by atoms with E-state index < -0.39 is 0 Å². The highest BCUT2D eigenvalue weighted by atomic mass is 35.5. The predicted molar refractivity (Wildman–Crippen MR) is 81.4 cm³/mol. The second-order valence-corrected chi connectivity index (χ2v) is 5.71. The van der Waals surface area contributed by atoms with Gasteiger partial charge in [0, 0.05) is 5.56 Å². The van der Waals surface area contributed by atoms with Crippen molar-refractivity contribution in [3.05, 3.63) is 69.2 Å². The number of aryl methyl sites for hydroxylation is 1. The molecule has 1 aliphatic rings. The summed E-state index contributed by atoms with van der Waals surface area (Å²) < 4.78 is 0. The third-order valence-corrected chi connectivity index (χ3v) is 4.36. The lowest BCUT2D eigenvalue weighted by Crippen LogP contribution is -2.27. The normalized spacial score (nSPS) is 16.8. The van der Waals surface area contributed by atoms with Crippen molar-refractivity contribution in [2.45, 2.75) is 18.9 Å². The van der Waals surface area contributed by atoms with Crippen LogP contribution in [-0.4, -0.2) is 5.91 Å². The molecule has 0 unspecified atom stereocenters. The van der Waals surface area contributed by atoms with E-state index in [0.717, 1.165) is 12.8 Å². The van der Waals surface area contributed by atoms with Gasteiger partial charge in [-0.2, -0.15) is 0 Å². The van der Waals surface area contributed by atoms with Gasteiger partial charge in [0.15, 0.2) is 0 Å². The average Bonchev–Trinajstić information content (AvgIpc) is 2.85. The zero-order valence-electron chi connectivity index (χ0n) is 10.7. The van der Waals surface area contributed by atoms with Crippen LogP contribution in [0.15, 0.2) is 42.5 Å². The molecule has 0 saturated heterocycles. The second kappa shape index (κ2) is 5.47. The first-order valence-electron chi connectivity index (χ1n) is 6.49. The van der Waals surface area contributed by atoms with Gasteiger partial charge in [0.05, 0.1) is 16.1 Å². The van der Waals surface area contributed by atoms with Crippen LogP contribution in [0.3, 0.4) is 0 Å². The van der Waals surface area contributed by atoms with Crippen LogP contribution >= 0.6 is 23.2 Å². The number of carbonyl (C=O) groups is 1. The van der Waals surface area contributed by atoms with Crippen LogP contribution in [0.5, 0.6) is 0 Å². The summed E-state index contributed by atoms with van der Waals surface area (Å²) in [5, 5.41) is 3.91. The fourth-order valence-electron chi connectivity index (χ4n) is 2.59. The van der Waals surface area contributed by atoms with Crippen LogP contribution in [0.25, 0.3) is 0 Å². The number of amides is 1. The minimum Gasteiger partial charge on any atom is -0.345 e. The Bertz CT molecular complexity index is 669. The third-order valence-electron chi connectivity index (χ3n) is 3.62. The number of hydrogen-bond donors (Lipinski definition) is 1. The number of benzene rings is 2. The van der Waals surface area contributed by atoms with Gasteiger partial charge in [-0.15, -0.1) is 0 Å². The summed E-state index contributed by atoms with van der Waals surface area (Å²) in [6.07, 6.45) is 1.94. The zero-order valence-corrected chi connectivity index (χ0v) is 12.2. The summed E-state index contributed by atoms with van der Waals surface area (Å²) in [5.74, 6) is -0.120. The van der Waals surface area contributed by atoms with Crippen LogP contribution in [0.1, 0.15) is 33.9 Å². The first-order chi connectivity index (χ1) is 9.65. The van der Waals surface area contributed by atoms with Gasteiger partial charge >= 0.3 is 0 Å². The molecule has 2 aromatic rings. The fourth-order valence-corrected chi connectivity index (χ4v) is 2.88. The quantitative estimate of drug-likeness (QED) is 0.875. The molecule has 1 N–H and O–H groups in total. The molecule has 0 spiro atoms. The van der Waals surface area contributed by atoms with Crippen LogP contribution in [-0.2, 0) is 6.42 Å². The summed E-state index contributed by atoms with van der Waals surface area (Å²) in [4.78, 5) is 12.3. The Labute approximate surface area is 127 Å². The Hall–Kier alpha value is -1.51. The van der Waals surface area contributed by atoms with Gasteiger partial charge < -0.3 is 5.32 Å². The summed E-state index contributed by atoms with van der Waals surface area (Å²) >= 11 is 11.8. The van der Waals surface area contributed by atoms with Gasteiger partial charge in [0.2, 0.25) is 0 Å². The molecule has 1 amide bonds. The average molecular weight is 306 g/mol. The first kappa shape index (κ1) is 13.5. The Morgan fingerprint density at radius 3 is 2.70 bits per heavy atom. The molecule has 20 heavy (non-hydrogen) atoms. The maximum absolute atomic E-state index is 12.3. The molecular weight excluding hydrogens is 293 g/mol. The number of nitrogens with one attached hydrogen (secondary N) is 1. The van der Waals surface area contributed by atoms with E-state index in [-0.39, 0.29) is 11.9 Å². The second-order valence-electron chi connectivity index (χ2n) is 4.89. The molecule has 0 aromatic heterocycles. The fraction of sp³-hybridized carbons (Fsp3) is 0.188. The number of fused-ring (bicyclic) bond motifs is 1. The molecule has 3 rings (SSSR count). The first-order valence-corrected chi connectivity index (χ1v) is 7.24. The van der Waals surface area contributed by atoms with Crippen molar-refractivity contribution < 1.29 is 4.79 Å². The monoisotopic (exact) mass is 305 g/mol. The van der Waals surface area contributed by atoms with Crippen LogP contribution in [0.4, 0.5) is 0 Å².